The highest BCUT2D eigenvalue weighted by Gasteiger charge is 2.14. The van der Waals surface area contributed by atoms with E-state index in [1.54, 1.807) is 31.3 Å². The summed E-state index contributed by atoms with van der Waals surface area (Å²) in [6, 6.07) is 4.73. The molecule has 1 aromatic carbocycles. The summed E-state index contributed by atoms with van der Waals surface area (Å²) in [6.07, 6.45) is 1.06. The van der Waals surface area contributed by atoms with Crippen LogP contribution in [0.2, 0.25) is 0 Å². The lowest BCUT2D eigenvalue weighted by molar-refractivity contribution is 0.177. The van der Waals surface area contributed by atoms with Crippen molar-refractivity contribution in [3.8, 4) is 5.75 Å². The number of aliphatic hydroxyl groups excluding tert-OH is 1. The second kappa shape index (κ2) is 8.21. The molecule has 142 valence electrons. The third kappa shape index (κ3) is 5.07. The highest BCUT2D eigenvalue weighted by molar-refractivity contribution is 9.10. The molecule has 0 saturated heterocycles. The molecule has 0 aliphatic heterocycles. The molecule has 0 aliphatic carbocycles. The average molecular weight is 444 g/mol. The van der Waals surface area contributed by atoms with Crippen LogP contribution in [0.1, 0.15) is 13.8 Å². The first kappa shape index (κ1) is 20.4. The number of halogens is 1. The van der Waals surface area contributed by atoms with E-state index in [2.05, 4.69) is 42.4 Å². The van der Waals surface area contributed by atoms with E-state index in [0.29, 0.717) is 32.6 Å². The monoisotopic (exact) mass is 443 g/mol. The lowest BCUT2D eigenvalue weighted by atomic mass is 10.2. The van der Waals surface area contributed by atoms with E-state index < -0.39 is 15.8 Å². The van der Waals surface area contributed by atoms with Crippen LogP contribution >= 0.6 is 15.9 Å². The largest absolute Gasteiger partial charge is 0.495 e. The number of ether oxygens (including phenoxy) is 1. The molecule has 2 aromatic rings. The molecule has 1 unspecified atom stereocenters. The SMILES string of the molecule is C=S(N)(=O)c1ccc(Nc2ncc(Br)c(N[C@H](C)[C@@H](C)O)n2)cc1OC. The second-order valence-electron chi connectivity index (χ2n) is 5.78. The Morgan fingerprint density at radius 2 is 2.12 bits per heavy atom. The van der Waals surface area contributed by atoms with Crippen LogP contribution in [0.4, 0.5) is 17.5 Å². The van der Waals surface area contributed by atoms with Crippen molar-refractivity contribution < 1.29 is 14.1 Å². The van der Waals surface area contributed by atoms with Gasteiger partial charge in [-0.05, 0) is 47.8 Å². The van der Waals surface area contributed by atoms with Crippen LogP contribution in [0.5, 0.6) is 5.75 Å². The van der Waals surface area contributed by atoms with Crippen LogP contribution in [0.15, 0.2) is 33.8 Å². The number of aliphatic hydroxyl groups is 1. The van der Waals surface area contributed by atoms with Gasteiger partial charge in [-0.1, -0.05) is 0 Å². The third-order valence-electron chi connectivity index (χ3n) is 3.62. The Hall–Kier alpha value is -1.88. The zero-order valence-corrected chi connectivity index (χ0v) is 17.1. The van der Waals surface area contributed by atoms with Crippen molar-refractivity contribution in [3.05, 3.63) is 28.9 Å². The van der Waals surface area contributed by atoms with Crippen LogP contribution in [0, 0.1) is 0 Å². The lowest BCUT2D eigenvalue weighted by Gasteiger charge is -2.18. The number of hydrogen-bond donors (Lipinski definition) is 4. The van der Waals surface area contributed by atoms with Gasteiger partial charge in [-0.2, -0.15) is 4.98 Å². The van der Waals surface area contributed by atoms with Crippen LogP contribution < -0.4 is 20.5 Å². The molecule has 26 heavy (non-hydrogen) atoms. The molecule has 1 heterocycles. The van der Waals surface area contributed by atoms with Gasteiger partial charge in [0.25, 0.3) is 0 Å². The summed E-state index contributed by atoms with van der Waals surface area (Å²) < 4.78 is 17.9. The molecule has 0 amide bonds. The van der Waals surface area contributed by atoms with E-state index in [0.717, 1.165) is 0 Å². The van der Waals surface area contributed by atoms with Crippen molar-refractivity contribution in [2.45, 2.75) is 30.9 Å². The molecule has 0 spiro atoms. The Labute approximate surface area is 161 Å². The maximum Gasteiger partial charge on any atom is 0.229 e. The van der Waals surface area contributed by atoms with Crippen molar-refractivity contribution in [1.29, 1.82) is 0 Å². The van der Waals surface area contributed by atoms with Gasteiger partial charge >= 0.3 is 0 Å². The van der Waals surface area contributed by atoms with Crippen LogP contribution in [-0.2, 0) is 9.71 Å². The minimum Gasteiger partial charge on any atom is -0.495 e. The number of rotatable bonds is 7. The first-order chi connectivity index (χ1) is 12.1. The van der Waals surface area contributed by atoms with Crippen molar-refractivity contribution in [2.75, 3.05) is 17.7 Å². The van der Waals surface area contributed by atoms with Gasteiger partial charge in [-0.3, -0.25) is 5.14 Å². The van der Waals surface area contributed by atoms with Crippen LogP contribution in [0.3, 0.4) is 0 Å². The van der Waals surface area contributed by atoms with Gasteiger partial charge in [0.2, 0.25) is 5.95 Å². The predicted octanol–water partition coefficient (Wildman–Crippen LogP) is 2.12. The van der Waals surface area contributed by atoms with E-state index in [1.807, 2.05) is 6.92 Å². The number of hydrogen-bond acceptors (Lipinski definition) is 7. The van der Waals surface area contributed by atoms with E-state index in [4.69, 9.17) is 9.88 Å². The summed E-state index contributed by atoms with van der Waals surface area (Å²) in [5.74, 6) is 4.71. The summed E-state index contributed by atoms with van der Waals surface area (Å²) in [6.45, 7) is 3.54. The lowest BCUT2D eigenvalue weighted by Crippen LogP contribution is -2.28. The fourth-order valence-corrected chi connectivity index (χ4v) is 3.11. The molecule has 10 heteroatoms. The van der Waals surface area contributed by atoms with Crippen molar-refractivity contribution in [1.82, 2.24) is 9.97 Å². The molecule has 0 fully saturated rings. The Morgan fingerprint density at radius 3 is 2.69 bits per heavy atom. The van der Waals surface area contributed by atoms with Crippen molar-refractivity contribution in [2.24, 2.45) is 5.14 Å². The zero-order valence-electron chi connectivity index (χ0n) is 14.7. The van der Waals surface area contributed by atoms with Crippen molar-refractivity contribution >= 4 is 49.0 Å². The zero-order chi connectivity index (χ0) is 19.5. The normalized spacial score (nSPS) is 15.6. The summed E-state index contributed by atoms with van der Waals surface area (Å²) >= 11 is 3.38. The standard InChI is InChI=1S/C16H22BrN5O3S/c1-9(10(2)23)20-15-12(17)8-19-16(22-15)21-11-5-6-14(26(4,18)24)13(7-11)25-3/h5-10,23H,4H2,1-3H3,(H2,18,24)(H2,19,20,21,22)/t9-,10-,26?/m1/s1. The minimum absolute atomic E-state index is 0.191. The molecule has 0 radical (unpaired) electrons. The van der Waals surface area contributed by atoms with E-state index in [-0.39, 0.29) is 6.04 Å². The molecular weight excluding hydrogens is 422 g/mol. The second-order valence-corrected chi connectivity index (χ2v) is 8.53. The Bertz CT molecular complexity index is 889. The molecular formula is C16H22BrN5O3S. The van der Waals surface area contributed by atoms with Gasteiger partial charge in [-0.25, -0.2) is 9.19 Å². The van der Waals surface area contributed by atoms with Gasteiger partial charge in [0.05, 0.1) is 38.3 Å². The van der Waals surface area contributed by atoms with Gasteiger partial charge in [0.15, 0.2) is 0 Å². The number of nitrogens with zero attached hydrogens (tertiary/aromatic N) is 2. The number of benzene rings is 1. The highest BCUT2D eigenvalue weighted by atomic mass is 79.9. The predicted molar refractivity (Wildman–Crippen MR) is 108 cm³/mol. The fraction of sp³-hybridized carbons (Fsp3) is 0.312. The molecule has 2 rings (SSSR count). The summed E-state index contributed by atoms with van der Waals surface area (Å²) in [5.41, 5.74) is 0.631. The number of aromatic nitrogens is 2. The fourth-order valence-electron chi connectivity index (χ4n) is 2.02. The van der Waals surface area contributed by atoms with Gasteiger partial charge < -0.3 is 20.5 Å². The molecule has 0 bridgehead atoms. The van der Waals surface area contributed by atoms with Crippen LogP contribution in [0.25, 0.3) is 0 Å². The summed E-state index contributed by atoms with van der Waals surface area (Å²) in [7, 11) is -1.43. The highest BCUT2D eigenvalue weighted by Crippen LogP contribution is 2.28. The van der Waals surface area contributed by atoms with E-state index in [1.165, 1.54) is 7.11 Å². The topological polar surface area (TPSA) is 122 Å². The first-order valence-electron chi connectivity index (χ1n) is 7.69. The van der Waals surface area contributed by atoms with Crippen molar-refractivity contribution in [3.63, 3.8) is 0 Å². The maximum atomic E-state index is 12.0. The number of nitrogens with two attached hydrogens (primary N) is 1. The molecule has 5 N–H and O–H groups in total. The summed E-state index contributed by atoms with van der Waals surface area (Å²) in [4.78, 5) is 8.93. The minimum atomic E-state index is -2.89. The maximum absolute atomic E-state index is 12.0. The summed E-state index contributed by atoms with van der Waals surface area (Å²) in [5, 5.41) is 21.4. The molecule has 1 aromatic heterocycles. The smallest absolute Gasteiger partial charge is 0.229 e. The number of methoxy groups -OCH3 is 1. The molecule has 0 saturated carbocycles. The average Bonchev–Trinajstić information content (AvgIpc) is 2.56. The Kier molecular flexibility index (Phi) is 6.45. The first-order valence-corrected chi connectivity index (χ1v) is 10.3. The van der Waals surface area contributed by atoms with Gasteiger partial charge in [0.1, 0.15) is 11.6 Å². The number of anilines is 3. The van der Waals surface area contributed by atoms with E-state index >= 15 is 0 Å². The van der Waals surface area contributed by atoms with Gasteiger partial charge in [-0.15, -0.1) is 0 Å². The van der Waals surface area contributed by atoms with E-state index in [9.17, 15) is 9.32 Å². The molecule has 8 nitrogen and oxygen atoms in total. The quantitative estimate of drug-likeness (QED) is 0.483. The Morgan fingerprint density at radius 1 is 1.42 bits per heavy atom. The Balaban J connectivity index is 2.28. The van der Waals surface area contributed by atoms with Gasteiger partial charge in [0, 0.05) is 18.0 Å². The molecule has 0 aliphatic rings. The molecule has 3 atom stereocenters. The third-order valence-corrected chi connectivity index (χ3v) is 5.29. The van der Waals surface area contributed by atoms with Crippen LogP contribution in [-0.4, -0.2) is 44.4 Å². The number of nitrogens with one attached hydrogen (secondary N) is 2.